The van der Waals surface area contributed by atoms with Crippen LogP contribution in [0.25, 0.3) is 0 Å². The van der Waals surface area contributed by atoms with E-state index in [0.717, 1.165) is 24.0 Å². The number of nitrogens with two attached hydrogens (primary N) is 1. The Morgan fingerprint density at radius 2 is 1.81 bits per heavy atom. The Labute approximate surface area is 132 Å². The number of halogens is 1. The van der Waals surface area contributed by atoms with E-state index in [1.54, 1.807) is 0 Å². The fraction of sp³-hybridized carbons (Fsp3) is 0.333. The van der Waals surface area contributed by atoms with Crippen molar-refractivity contribution in [3.63, 3.8) is 0 Å². The van der Waals surface area contributed by atoms with Crippen LogP contribution < -0.4 is 5.73 Å². The zero-order valence-electron chi connectivity index (χ0n) is 12.5. The Kier molecular flexibility index (Phi) is 4.60. The molecule has 0 fully saturated rings. The lowest BCUT2D eigenvalue weighted by atomic mass is 9.93. The highest BCUT2D eigenvalue weighted by Crippen LogP contribution is 2.44. The Morgan fingerprint density at radius 3 is 2.48 bits per heavy atom. The van der Waals surface area contributed by atoms with E-state index in [0.29, 0.717) is 11.7 Å². The van der Waals surface area contributed by atoms with E-state index in [1.165, 1.54) is 16.7 Å². The summed E-state index contributed by atoms with van der Waals surface area (Å²) in [6.07, 6.45) is 1.93. The molecule has 2 nitrogen and oxygen atoms in total. The van der Waals surface area contributed by atoms with Crippen LogP contribution in [-0.4, -0.2) is 5.11 Å². The Morgan fingerprint density at radius 1 is 1.14 bits per heavy atom. The standard InChI is InChI=1S/C18H21NO.ClH/c1-11-8-12(2)18(20)16-15(11)10-14(17(16)19)9-13-6-4-3-5-7-13;/h3-8,14,17,20H,9-10,19H2,1-2H3;1H. The highest BCUT2D eigenvalue weighted by Gasteiger charge is 2.33. The molecular weight excluding hydrogens is 282 g/mol. The van der Waals surface area contributed by atoms with Gasteiger partial charge in [0.25, 0.3) is 0 Å². The minimum atomic E-state index is -0.0659. The summed E-state index contributed by atoms with van der Waals surface area (Å²) in [5, 5.41) is 10.3. The first-order valence-corrected chi connectivity index (χ1v) is 7.19. The highest BCUT2D eigenvalue weighted by molar-refractivity contribution is 5.85. The predicted octanol–water partition coefficient (Wildman–Crippen LogP) is 3.85. The third-order valence-electron chi connectivity index (χ3n) is 4.51. The fourth-order valence-electron chi connectivity index (χ4n) is 3.42. The molecule has 21 heavy (non-hydrogen) atoms. The van der Waals surface area contributed by atoms with Crippen LogP contribution >= 0.6 is 12.4 Å². The topological polar surface area (TPSA) is 46.2 Å². The van der Waals surface area contributed by atoms with Crippen LogP contribution in [0.1, 0.15) is 33.9 Å². The van der Waals surface area contributed by atoms with Crippen molar-refractivity contribution in [2.45, 2.75) is 32.7 Å². The van der Waals surface area contributed by atoms with Crippen LogP contribution in [0.15, 0.2) is 36.4 Å². The van der Waals surface area contributed by atoms with Crippen molar-refractivity contribution in [2.24, 2.45) is 11.7 Å². The molecule has 1 aliphatic carbocycles. The van der Waals surface area contributed by atoms with E-state index in [9.17, 15) is 5.11 Å². The van der Waals surface area contributed by atoms with Crippen LogP contribution in [-0.2, 0) is 12.8 Å². The second-order valence-corrected chi connectivity index (χ2v) is 5.93. The van der Waals surface area contributed by atoms with Crippen molar-refractivity contribution >= 4 is 12.4 Å². The number of phenols is 1. The first-order chi connectivity index (χ1) is 9.58. The largest absolute Gasteiger partial charge is 0.507 e. The Hall–Kier alpha value is -1.51. The normalized spacial score (nSPS) is 20.0. The second-order valence-electron chi connectivity index (χ2n) is 5.93. The van der Waals surface area contributed by atoms with Crippen molar-refractivity contribution in [3.8, 4) is 5.75 Å². The zero-order valence-corrected chi connectivity index (χ0v) is 13.3. The molecule has 112 valence electrons. The molecule has 0 aliphatic heterocycles. The van der Waals surface area contributed by atoms with E-state index in [4.69, 9.17) is 5.73 Å². The predicted molar refractivity (Wildman–Crippen MR) is 89.1 cm³/mol. The van der Waals surface area contributed by atoms with E-state index < -0.39 is 0 Å². The maximum Gasteiger partial charge on any atom is 0.123 e. The number of hydrogen-bond donors (Lipinski definition) is 2. The van der Waals surface area contributed by atoms with E-state index in [1.807, 2.05) is 13.0 Å². The molecule has 0 spiro atoms. The number of rotatable bonds is 2. The van der Waals surface area contributed by atoms with Gasteiger partial charge < -0.3 is 10.8 Å². The van der Waals surface area contributed by atoms with Gasteiger partial charge in [-0.25, -0.2) is 0 Å². The van der Waals surface area contributed by atoms with Gasteiger partial charge in [-0.05, 0) is 54.9 Å². The van der Waals surface area contributed by atoms with Gasteiger partial charge in [0.1, 0.15) is 5.75 Å². The molecule has 2 aromatic rings. The molecule has 0 aromatic heterocycles. The van der Waals surface area contributed by atoms with E-state index >= 15 is 0 Å². The summed E-state index contributed by atoms with van der Waals surface area (Å²) in [7, 11) is 0. The summed E-state index contributed by atoms with van der Waals surface area (Å²) >= 11 is 0. The van der Waals surface area contributed by atoms with Crippen molar-refractivity contribution in [2.75, 3.05) is 0 Å². The van der Waals surface area contributed by atoms with Crippen LogP contribution in [0.2, 0.25) is 0 Å². The molecule has 3 N–H and O–H groups in total. The van der Waals surface area contributed by atoms with Crippen molar-refractivity contribution < 1.29 is 5.11 Å². The average molecular weight is 304 g/mol. The third-order valence-corrected chi connectivity index (χ3v) is 4.51. The summed E-state index contributed by atoms with van der Waals surface area (Å²) in [5.41, 5.74) is 12.1. The molecule has 0 saturated carbocycles. The van der Waals surface area contributed by atoms with Gasteiger partial charge in [0.05, 0.1) is 0 Å². The molecule has 3 heteroatoms. The van der Waals surface area contributed by atoms with E-state index in [-0.39, 0.29) is 18.4 Å². The summed E-state index contributed by atoms with van der Waals surface area (Å²) < 4.78 is 0. The summed E-state index contributed by atoms with van der Waals surface area (Å²) in [5.74, 6) is 0.771. The number of benzene rings is 2. The van der Waals surface area contributed by atoms with Gasteiger partial charge in [-0.2, -0.15) is 0 Å². The number of aryl methyl sites for hydroxylation is 2. The molecule has 2 unspecified atom stereocenters. The summed E-state index contributed by atoms with van der Waals surface area (Å²) in [6.45, 7) is 4.06. The second kappa shape index (κ2) is 6.08. The SMILES string of the molecule is Cc1cc(C)c2c(c1O)C(N)C(Cc1ccccc1)C2.Cl. The molecule has 0 bridgehead atoms. The number of aromatic hydroxyl groups is 1. The van der Waals surface area contributed by atoms with Gasteiger partial charge in [-0.3, -0.25) is 0 Å². The maximum atomic E-state index is 10.3. The minimum Gasteiger partial charge on any atom is -0.507 e. The van der Waals surface area contributed by atoms with Crippen LogP contribution in [0.5, 0.6) is 5.75 Å². The lowest BCUT2D eigenvalue weighted by Crippen LogP contribution is -2.19. The molecule has 0 saturated heterocycles. The monoisotopic (exact) mass is 303 g/mol. The molecule has 0 heterocycles. The highest BCUT2D eigenvalue weighted by atomic mass is 35.5. The Balaban J connectivity index is 0.00000161. The number of fused-ring (bicyclic) bond motifs is 1. The van der Waals surface area contributed by atoms with Gasteiger partial charge in [-0.1, -0.05) is 36.4 Å². The van der Waals surface area contributed by atoms with Gasteiger partial charge in [-0.15, -0.1) is 12.4 Å². The first-order valence-electron chi connectivity index (χ1n) is 7.19. The molecule has 2 atom stereocenters. The van der Waals surface area contributed by atoms with Gasteiger partial charge in [0, 0.05) is 11.6 Å². The quantitative estimate of drug-likeness (QED) is 0.885. The molecule has 0 radical (unpaired) electrons. The van der Waals surface area contributed by atoms with Crippen LogP contribution in [0.4, 0.5) is 0 Å². The average Bonchev–Trinajstić information content (AvgIpc) is 2.76. The molecule has 0 amide bonds. The molecule has 2 aromatic carbocycles. The lowest BCUT2D eigenvalue weighted by molar-refractivity contribution is 0.431. The zero-order chi connectivity index (χ0) is 14.3. The van der Waals surface area contributed by atoms with Gasteiger partial charge >= 0.3 is 0 Å². The van der Waals surface area contributed by atoms with Gasteiger partial charge in [0.2, 0.25) is 0 Å². The van der Waals surface area contributed by atoms with Gasteiger partial charge in [0.15, 0.2) is 0 Å². The van der Waals surface area contributed by atoms with Crippen LogP contribution in [0.3, 0.4) is 0 Å². The number of phenolic OH excluding ortho intramolecular Hbond substituents is 1. The van der Waals surface area contributed by atoms with Crippen molar-refractivity contribution in [3.05, 3.63) is 64.2 Å². The third kappa shape index (κ3) is 2.78. The minimum absolute atomic E-state index is 0. The maximum absolute atomic E-state index is 10.3. The summed E-state index contributed by atoms with van der Waals surface area (Å²) in [4.78, 5) is 0. The smallest absolute Gasteiger partial charge is 0.123 e. The number of hydrogen-bond acceptors (Lipinski definition) is 2. The lowest BCUT2D eigenvalue weighted by Gasteiger charge is -2.17. The van der Waals surface area contributed by atoms with Crippen molar-refractivity contribution in [1.29, 1.82) is 0 Å². The molecule has 1 aliphatic rings. The van der Waals surface area contributed by atoms with Crippen LogP contribution in [0, 0.1) is 19.8 Å². The molecule has 3 rings (SSSR count). The Bertz CT molecular complexity index is 639. The summed E-state index contributed by atoms with van der Waals surface area (Å²) in [6, 6.07) is 12.5. The first kappa shape index (κ1) is 15.9. The molecular formula is C18H22ClNO. The van der Waals surface area contributed by atoms with E-state index in [2.05, 4.69) is 37.3 Å². The fourth-order valence-corrected chi connectivity index (χ4v) is 3.42. The van der Waals surface area contributed by atoms with Crippen molar-refractivity contribution in [1.82, 2.24) is 0 Å².